The zero-order chi connectivity index (χ0) is 33.1. The summed E-state index contributed by atoms with van der Waals surface area (Å²) in [5.41, 5.74) is -1.24. The molecule has 3 aromatic carbocycles. The van der Waals surface area contributed by atoms with E-state index in [1.165, 1.54) is 12.1 Å². The Morgan fingerprint density at radius 2 is 1.42 bits per heavy atom. The molecule has 2 aliphatic rings. The fraction of sp³-hybridized carbons (Fsp3) is 0.294. The van der Waals surface area contributed by atoms with Crippen LogP contribution in [-0.2, 0) is 14.8 Å². The number of fused-ring (bicyclic) bond motifs is 1. The molecule has 0 fully saturated rings. The van der Waals surface area contributed by atoms with Crippen molar-refractivity contribution in [2.45, 2.75) is 58.0 Å². The maximum Gasteiger partial charge on any atom is 0.269 e. The Balaban J connectivity index is 1.89. The van der Waals surface area contributed by atoms with Crippen LogP contribution in [0, 0.1) is 20.9 Å². The number of nitrogens with zero attached hydrogens (tertiary/aromatic N) is 2. The van der Waals surface area contributed by atoms with E-state index < -0.39 is 43.1 Å². The van der Waals surface area contributed by atoms with Crippen molar-refractivity contribution in [3.63, 3.8) is 0 Å². The first kappa shape index (κ1) is 32.3. The summed E-state index contributed by atoms with van der Waals surface area (Å²) in [5.74, 6) is -0.667. The van der Waals surface area contributed by atoms with Crippen molar-refractivity contribution in [1.82, 2.24) is 0 Å². The van der Waals surface area contributed by atoms with Gasteiger partial charge in [0, 0.05) is 33.3 Å². The number of sulfonamides is 1. The van der Waals surface area contributed by atoms with Gasteiger partial charge in [-0.2, -0.15) is 0 Å². The quantitative estimate of drug-likeness (QED) is 0.167. The molecule has 0 radical (unpaired) electrons. The molecule has 1 aliphatic heterocycles. The average molecular weight is 693 g/mol. The first-order valence-electron chi connectivity index (χ1n) is 14.3. The lowest BCUT2D eigenvalue weighted by Gasteiger charge is -2.50. The fourth-order valence-electron chi connectivity index (χ4n) is 5.76. The van der Waals surface area contributed by atoms with Crippen molar-refractivity contribution in [3.8, 4) is 0 Å². The second-order valence-corrected chi connectivity index (χ2v) is 16.1. The summed E-state index contributed by atoms with van der Waals surface area (Å²) in [7, 11) is -4.53. The highest BCUT2D eigenvalue weighted by atomic mass is 79.9. The number of nitro benzene ring substituents is 1. The molecule has 0 aromatic heterocycles. The maximum atomic E-state index is 14.8. The van der Waals surface area contributed by atoms with Gasteiger partial charge in [-0.1, -0.05) is 81.7 Å². The number of carbonyl (C=O) groups excluding carboxylic acids is 2. The maximum absolute atomic E-state index is 14.8. The monoisotopic (exact) mass is 691 g/mol. The number of hydrogen-bond acceptors (Lipinski definition) is 7. The molecule has 0 saturated heterocycles. The average Bonchev–Trinajstić information content (AvgIpc) is 2.96. The summed E-state index contributed by atoms with van der Waals surface area (Å²) in [6.45, 7) is 11.4. The Morgan fingerprint density at radius 3 is 1.93 bits per heavy atom. The number of ketones is 2. The molecule has 9 nitrogen and oxygen atoms in total. The number of allylic oxidation sites excluding steroid dienone is 2. The van der Waals surface area contributed by atoms with E-state index in [1.807, 2.05) is 41.5 Å². The van der Waals surface area contributed by atoms with Crippen LogP contribution in [-0.4, -0.2) is 36.5 Å². The Labute approximate surface area is 271 Å². The molecule has 0 unspecified atom stereocenters. The van der Waals surface area contributed by atoms with Crippen LogP contribution in [0.2, 0.25) is 0 Å². The highest BCUT2D eigenvalue weighted by molar-refractivity contribution is 9.10. The molecular formula is C34H34BrN3O6S. The van der Waals surface area contributed by atoms with Crippen molar-refractivity contribution in [2.75, 3.05) is 9.62 Å². The molecule has 1 N–H and O–H groups in total. The van der Waals surface area contributed by atoms with Gasteiger partial charge in [-0.25, -0.2) is 8.42 Å². The van der Waals surface area contributed by atoms with Crippen molar-refractivity contribution in [1.29, 1.82) is 0 Å². The zero-order valence-corrected chi connectivity index (χ0v) is 28.2. The minimum Gasteiger partial charge on any atom is -0.369 e. The summed E-state index contributed by atoms with van der Waals surface area (Å²) >= 11 is 3.40. The molecule has 3 aromatic rings. The highest BCUT2D eigenvalue weighted by Crippen LogP contribution is 2.49. The molecule has 0 bridgehead atoms. The lowest BCUT2D eigenvalue weighted by molar-refractivity contribution is -0.384. The van der Waals surface area contributed by atoms with Crippen molar-refractivity contribution in [2.24, 2.45) is 10.8 Å². The molecular weight excluding hydrogens is 658 g/mol. The van der Waals surface area contributed by atoms with Crippen LogP contribution in [0.1, 0.15) is 51.9 Å². The van der Waals surface area contributed by atoms with Gasteiger partial charge in [-0.05, 0) is 59.4 Å². The summed E-state index contributed by atoms with van der Waals surface area (Å²) in [5, 5.41) is 14.8. The second-order valence-electron chi connectivity index (χ2n) is 13.3. The lowest BCUT2D eigenvalue weighted by Crippen LogP contribution is -2.65. The third kappa shape index (κ3) is 5.75. The number of hydrogen-bond donors (Lipinski definition) is 1. The van der Waals surface area contributed by atoms with Gasteiger partial charge < -0.3 is 5.32 Å². The van der Waals surface area contributed by atoms with Crippen LogP contribution in [0.5, 0.6) is 0 Å². The van der Waals surface area contributed by atoms with Gasteiger partial charge in [0.05, 0.1) is 21.2 Å². The van der Waals surface area contributed by atoms with Gasteiger partial charge in [0.1, 0.15) is 11.6 Å². The van der Waals surface area contributed by atoms with E-state index in [1.54, 1.807) is 60.7 Å². The second kappa shape index (κ2) is 11.1. The topological polar surface area (TPSA) is 127 Å². The zero-order valence-electron chi connectivity index (χ0n) is 25.8. The van der Waals surface area contributed by atoms with E-state index in [0.717, 1.165) is 20.9 Å². The van der Waals surface area contributed by atoms with E-state index in [9.17, 15) is 28.1 Å². The third-order valence-electron chi connectivity index (χ3n) is 8.03. The number of anilines is 2. The number of carbonyl (C=O) groups is 2. The summed E-state index contributed by atoms with van der Waals surface area (Å²) in [6, 6.07) is 16.6. The third-order valence-corrected chi connectivity index (χ3v) is 10.4. The van der Waals surface area contributed by atoms with Crippen LogP contribution < -0.4 is 9.62 Å². The van der Waals surface area contributed by atoms with E-state index in [0.29, 0.717) is 16.8 Å². The van der Waals surface area contributed by atoms with Gasteiger partial charge in [-0.15, -0.1) is 0 Å². The molecule has 0 saturated carbocycles. The molecule has 234 valence electrons. The van der Waals surface area contributed by atoms with Crippen LogP contribution in [0.25, 0.3) is 0 Å². The van der Waals surface area contributed by atoms with Crippen molar-refractivity contribution < 1.29 is 22.9 Å². The number of Topliss-reactive ketones (excluding diaryl/α,β-unsaturated/α-hetero) is 2. The van der Waals surface area contributed by atoms with Gasteiger partial charge in [0.2, 0.25) is 0 Å². The molecule has 45 heavy (non-hydrogen) atoms. The Morgan fingerprint density at radius 1 is 0.889 bits per heavy atom. The Hall–Kier alpha value is -4.09. The van der Waals surface area contributed by atoms with Crippen LogP contribution in [0.15, 0.2) is 105 Å². The first-order valence-corrected chi connectivity index (χ1v) is 16.6. The smallest absolute Gasteiger partial charge is 0.269 e. The summed E-state index contributed by atoms with van der Waals surface area (Å²) in [6.07, 6.45) is 3.42. The number of benzene rings is 3. The number of nitro groups is 1. The SMILES string of the molecule is CC(C)(C)C1=CC2(C=C(C(C)(C)C)C1=O)Nc1ccccc1N(S(=O)(=O)c1ccc([N+](=O)[O-])cc1)[C@H]2C(=O)c1ccc(Br)cc1. The van der Waals surface area contributed by atoms with E-state index in [2.05, 4.69) is 21.2 Å². The number of non-ortho nitro benzene ring substituents is 1. The molecule has 1 spiro atoms. The van der Waals surface area contributed by atoms with Gasteiger partial charge in [-0.3, -0.25) is 24.0 Å². The van der Waals surface area contributed by atoms with Crippen LogP contribution in [0.3, 0.4) is 0 Å². The first-order chi connectivity index (χ1) is 20.9. The van der Waals surface area contributed by atoms with E-state index >= 15 is 0 Å². The van der Waals surface area contributed by atoms with Crippen molar-refractivity contribution in [3.05, 3.63) is 116 Å². The van der Waals surface area contributed by atoms with Crippen molar-refractivity contribution >= 4 is 54.6 Å². The normalized spacial score (nSPS) is 18.1. The molecule has 1 heterocycles. The minimum absolute atomic E-state index is 0.166. The van der Waals surface area contributed by atoms with Gasteiger partial charge >= 0.3 is 0 Å². The van der Waals surface area contributed by atoms with E-state index in [4.69, 9.17) is 0 Å². The summed E-state index contributed by atoms with van der Waals surface area (Å²) in [4.78, 5) is 39.4. The number of halogens is 1. The number of nitrogens with one attached hydrogen (secondary N) is 1. The molecule has 5 rings (SSSR count). The standard InChI is InChI=1S/C34H34BrN3O6S/c1-32(2,3)25-19-34(20-26(30(25)40)33(4,5)6)31(29(39)21-11-13-22(35)14-12-21)37(28-10-8-7-9-27(28)36-34)45(43,44)24-17-15-23(16-18-24)38(41)42/h7-20,31,36H,1-6H3/t31-/m0/s1. The number of para-hydroxylation sites is 2. The van der Waals surface area contributed by atoms with Gasteiger partial charge in [0.15, 0.2) is 11.6 Å². The summed E-state index contributed by atoms with van der Waals surface area (Å²) < 4.78 is 31.3. The number of rotatable bonds is 5. The Kier molecular flexibility index (Phi) is 7.94. The highest BCUT2D eigenvalue weighted by Gasteiger charge is 2.55. The fourth-order valence-corrected chi connectivity index (χ4v) is 7.70. The minimum atomic E-state index is -4.53. The Bertz CT molecular complexity index is 1850. The molecule has 0 amide bonds. The predicted octanol–water partition coefficient (Wildman–Crippen LogP) is 7.50. The predicted molar refractivity (Wildman–Crippen MR) is 178 cm³/mol. The molecule has 1 atom stereocenters. The lowest BCUT2D eigenvalue weighted by atomic mass is 9.66. The molecule has 1 aliphatic carbocycles. The van der Waals surface area contributed by atoms with Crippen LogP contribution >= 0.6 is 15.9 Å². The van der Waals surface area contributed by atoms with Crippen LogP contribution in [0.4, 0.5) is 17.1 Å². The molecule has 11 heteroatoms. The van der Waals surface area contributed by atoms with Gasteiger partial charge in [0.25, 0.3) is 15.7 Å². The largest absolute Gasteiger partial charge is 0.369 e. The van der Waals surface area contributed by atoms with E-state index in [-0.39, 0.29) is 27.6 Å².